The fourth-order valence-electron chi connectivity index (χ4n) is 1.70. The minimum atomic E-state index is 0.100. The van der Waals surface area contributed by atoms with Crippen molar-refractivity contribution in [2.45, 2.75) is 32.9 Å². The van der Waals surface area contributed by atoms with Crippen molar-refractivity contribution >= 4 is 11.6 Å². The molecule has 0 fully saturated rings. The van der Waals surface area contributed by atoms with Crippen LogP contribution >= 0.6 is 11.6 Å². The van der Waals surface area contributed by atoms with Gasteiger partial charge < -0.3 is 10.4 Å². The van der Waals surface area contributed by atoms with Crippen LogP contribution in [0.2, 0.25) is 5.02 Å². The van der Waals surface area contributed by atoms with E-state index in [0.717, 1.165) is 5.02 Å². The summed E-state index contributed by atoms with van der Waals surface area (Å²) < 4.78 is 0. The Kier molecular flexibility index (Phi) is 5.26. The normalized spacial score (nSPS) is 15.1. The molecule has 0 amide bonds. The molecule has 2 nitrogen and oxygen atoms in total. The zero-order valence-electron chi connectivity index (χ0n) is 10.1. The number of aliphatic hydroxyl groups excluding tert-OH is 1. The van der Waals surface area contributed by atoms with Gasteiger partial charge in [0, 0.05) is 17.1 Å². The molecule has 0 saturated heterocycles. The van der Waals surface area contributed by atoms with Gasteiger partial charge in [-0.05, 0) is 30.5 Å². The maximum absolute atomic E-state index is 9.07. The number of halogens is 1. The van der Waals surface area contributed by atoms with E-state index in [0.29, 0.717) is 5.92 Å². The summed E-state index contributed by atoms with van der Waals surface area (Å²) in [7, 11) is 0. The molecule has 2 atom stereocenters. The lowest BCUT2D eigenvalue weighted by atomic mass is 9.95. The van der Waals surface area contributed by atoms with E-state index in [2.05, 4.69) is 19.2 Å². The lowest BCUT2D eigenvalue weighted by molar-refractivity contribution is 0.229. The monoisotopic (exact) mass is 241 g/mol. The van der Waals surface area contributed by atoms with Crippen LogP contribution in [0.15, 0.2) is 24.3 Å². The van der Waals surface area contributed by atoms with Crippen molar-refractivity contribution < 1.29 is 5.11 Å². The van der Waals surface area contributed by atoms with Gasteiger partial charge in [-0.1, -0.05) is 37.6 Å². The van der Waals surface area contributed by atoms with Crippen LogP contribution < -0.4 is 5.32 Å². The summed E-state index contributed by atoms with van der Waals surface area (Å²) in [6, 6.07) is 8.21. The van der Waals surface area contributed by atoms with Crippen LogP contribution in [0.5, 0.6) is 0 Å². The summed E-state index contributed by atoms with van der Waals surface area (Å²) in [6.45, 7) is 6.45. The molecule has 0 aliphatic heterocycles. The molecule has 2 N–H and O–H groups in total. The molecular formula is C13H20ClNO. The average Bonchev–Trinajstić information content (AvgIpc) is 2.26. The Morgan fingerprint density at radius 3 is 2.19 bits per heavy atom. The molecule has 1 rings (SSSR count). The van der Waals surface area contributed by atoms with E-state index in [1.165, 1.54) is 5.56 Å². The molecule has 3 heteroatoms. The standard InChI is InChI=1S/C13H20ClNO/c1-9(2)13(15-10(3)8-16)11-4-6-12(14)7-5-11/h4-7,9-10,13,15-16H,8H2,1-3H3. The molecule has 1 aromatic carbocycles. The minimum absolute atomic E-state index is 0.100. The molecule has 0 heterocycles. The van der Waals surface area contributed by atoms with E-state index in [1.807, 2.05) is 31.2 Å². The number of aliphatic hydroxyl groups is 1. The first-order valence-corrected chi connectivity index (χ1v) is 6.04. The van der Waals surface area contributed by atoms with Crippen LogP contribution in [0.3, 0.4) is 0 Å². The number of hydrogen-bond donors (Lipinski definition) is 2. The van der Waals surface area contributed by atoms with Gasteiger partial charge in [0.1, 0.15) is 0 Å². The molecule has 16 heavy (non-hydrogen) atoms. The van der Waals surface area contributed by atoms with Crippen LogP contribution in [0.25, 0.3) is 0 Å². The topological polar surface area (TPSA) is 32.3 Å². The average molecular weight is 242 g/mol. The summed E-state index contributed by atoms with van der Waals surface area (Å²) in [5.74, 6) is 0.468. The van der Waals surface area contributed by atoms with Crippen molar-refractivity contribution in [2.75, 3.05) is 6.61 Å². The van der Waals surface area contributed by atoms with Crippen molar-refractivity contribution in [1.82, 2.24) is 5.32 Å². The van der Waals surface area contributed by atoms with Gasteiger partial charge in [0.2, 0.25) is 0 Å². The molecule has 0 bridgehead atoms. The zero-order valence-corrected chi connectivity index (χ0v) is 10.8. The van der Waals surface area contributed by atoms with Gasteiger partial charge in [0.25, 0.3) is 0 Å². The minimum Gasteiger partial charge on any atom is -0.395 e. The first-order valence-electron chi connectivity index (χ1n) is 5.67. The predicted octanol–water partition coefficient (Wildman–Crippen LogP) is 3.01. The molecule has 0 radical (unpaired) electrons. The summed E-state index contributed by atoms with van der Waals surface area (Å²) >= 11 is 5.87. The quantitative estimate of drug-likeness (QED) is 0.831. The number of hydrogen-bond acceptors (Lipinski definition) is 2. The van der Waals surface area contributed by atoms with Gasteiger partial charge in [0.15, 0.2) is 0 Å². The Balaban J connectivity index is 2.81. The third-order valence-electron chi connectivity index (χ3n) is 2.63. The Bertz CT molecular complexity index is 310. The highest BCUT2D eigenvalue weighted by Crippen LogP contribution is 2.23. The van der Waals surface area contributed by atoms with Crippen LogP contribution in [-0.2, 0) is 0 Å². The predicted molar refractivity (Wildman–Crippen MR) is 68.7 cm³/mol. The maximum Gasteiger partial charge on any atom is 0.0582 e. The number of rotatable bonds is 5. The van der Waals surface area contributed by atoms with Gasteiger partial charge in [-0.2, -0.15) is 0 Å². The van der Waals surface area contributed by atoms with Crippen molar-refractivity contribution in [2.24, 2.45) is 5.92 Å². The molecule has 0 aliphatic carbocycles. The molecule has 0 spiro atoms. The lowest BCUT2D eigenvalue weighted by Crippen LogP contribution is -2.35. The van der Waals surface area contributed by atoms with Crippen molar-refractivity contribution in [1.29, 1.82) is 0 Å². The fraction of sp³-hybridized carbons (Fsp3) is 0.538. The maximum atomic E-state index is 9.07. The summed E-state index contributed by atoms with van der Waals surface area (Å²) in [4.78, 5) is 0. The van der Waals surface area contributed by atoms with E-state index >= 15 is 0 Å². The second kappa shape index (κ2) is 6.24. The Hall–Kier alpha value is -0.570. The second-order valence-electron chi connectivity index (χ2n) is 4.52. The molecule has 1 aromatic rings. The Morgan fingerprint density at radius 2 is 1.75 bits per heavy atom. The van der Waals surface area contributed by atoms with Crippen LogP contribution in [-0.4, -0.2) is 17.8 Å². The van der Waals surface area contributed by atoms with E-state index < -0.39 is 0 Å². The second-order valence-corrected chi connectivity index (χ2v) is 4.96. The van der Waals surface area contributed by atoms with E-state index in [-0.39, 0.29) is 18.7 Å². The first kappa shape index (κ1) is 13.5. The molecule has 0 saturated carbocycles. The highest BCUT2D eigenvalue weighted by atomic mass is 35.5. The zero-order chi connectivity index (χ0) is 12.1. The van der Waals surface area contributed by atoms with Crippen LogP contribution in [0.1, 0.15) is 32.4 Å². The Labute approximate surface area is 103 Å². The molecular weight excluding hydrogens is 222 g/mol. The molecule has 90 valence electrons. The summed E-state index contributed by atoms with van der Waals surface area (Å²) in [5.41, 5.74) is 1.21. The summed E-state index contributed by atoms with van der Waals surface area (Å²) in [5, 5.41) is 13.2. The Morgan fingerprint density at radius 1 is 1.19 bits per heavy atom. The summed E-state index contributed by atoms with van der Waals surface area (Å²) in [6.07, 6.45) is 0. The largest absolute Gasteiger partial charge is 0.395 e. The third-order valence-corrected chi connectivity index (χ3v) is 2.89. The van der Waals surface area contributed by atoms with E-state index in [4.69, 9.17) is 16.7 Å². The highest BCUT2D eigenvalue weighted by Gasteiger charge is 2.17. The van der Waals surface area contributed by atoms with Gasteiger partial charge >= 0.3 is 0 Å². The lowest BCUT2D eigenvalue weighted by Gasteiger charge is -2.26. The first-order chi connectivity index (χ1) is 7.54. The molecule has 0 aromatic heterocycles. The number of benzene rings is 1. The smallest absolute Gasteiger partial charge is 0.0582 e. The van der Waals surface area contributed by atoms with Crippen LogP contribution in [0.4, 0.5) is 0 Å². The van der Waals surface area contributed by atoms with Crippen LogP contribution in [0, 0.1) is 5.92 Å². The number of nitrogens with one attached hydrogen (secondary N) is 1. The van der Waals surface area contributed by atoms with Gasteiger partial charge in [0.05, 0.1) is 6.61 Å². The van der Waals surface area contributed by atoms with Crippen molar-refractivity contribution in [3.05, 3.63) is 34.9 Å². The highest BCUT2D eigenvalue weighted by molar-refractivity contribution is 6.30. The molecule has 0 aliphatic rings. The SMILES string of the molecule is CC(CO)NC(c1ccc(Cl)cc1)C(C)C. The van der Waals surface area contributed by atoms with E-state index in [9.17, 15) is 0 Å². The van der Waals surface area contributed by atoms with E-state index in [1.54, 1.807) is 0 Å². The van der Waals surface area contributed by atoms with Gasteiger partial charge in [-0.3, -0.25) is 0 Å². The van der Waals surface area contributed by atoms with Gasteiger partial charge in [-0.25, -0.2) is 0 Å². The molecule has 2 unspecified atom stereocenters. The van der Waals surface area contributed by atoms with Gasteiger partial charge in [-0.15, -0.1) is 0 Å². The van der Waals surface area contributed by atoms with Crippen molar-refractivity contribution in [3.63, 3.8) is 0 Å². The van der Waals surface area contributed by atoms with Crippen molar-refractivity contribution in [3.8, 4) is 0 Å². The third kappa shape index (κ3) is 3.78. The fourth-order valence-corrected chi connectivity index (χ4v) is 1.83.